The van der Waals surface area contributed by atoms with Crippen LogP contribution >= 0.6 is 11.3 Å². The summed E-state index contributed by atoms with van der Waals surface area (Å²) in [5.41, 5.74) is 3.46. The first kappa shape index (κ1) is 23.8. The van der Waals surface area contributed by atoms with Gasteiger partial charge in [-0.3, -0.25) is 4.79 Å². The van der Waals surface area contributed by atoms with Gasteiger partial charge < -0.3 is 24.4 Å². The maximum atomic E-state index is 12.4. The molecule has 184 valence electrons. The second kappa shape index (κ2) is 10.8. The van der Waals surface area contributed by atoms with E-state index in [9.17, 15) is 4.79 Å². The SMILES string of the molecule is C=CC(=O)N1CCCc2c(Oc3nc(Nc4ccc(OCCOC)cc4)nc4ccsc34)cccc21. The number of fused-ring (bicyclic) bond motifs is 2. The van der Waals surface area contributed by atoms with Crippen LogP contribution in [0.5, 0.6) is 17.4 Å². The number of amides is 1. The molecule has 4 aromatic rings. The first-order valence-electron chi connectivity index (χ1n) is 11.6. The molecule has 0 unspecified atom stereocenters. The third-order valence-electron chi connectivity index (χ3n) is 5.79. The second-order valence-corrected chi connectivity index (χ2v) is 9.05. The minimum Gasteiger partial charge on any atom is -0.491 e. The van der Waals surface area contributed by atoms with Crippen molar-refractivity contribution in [2.45, 2.75) is 12.8 Å². The number of carbonyl (C=O) groups excluding carboxylic acids is 1. The lowest BCUT2D eigenvalue weighted by Gasteiger charge is -2.29. The molecule has 9 heteroatoms. The third kappa shape index (κ3) is 5.02. The number of methoxy groups -OCH3 is 1. The van der Waals surface area contributed by atoms with Crippen LogP contribution in [-0.2, 0) is 16.0 Å². The van der Waals surface area contributed by atoms with Crippen molar-refractivity contribution < 1.29 is 19.0 Å². The Morgan fingerprint density at radius 2 is 2.03 bits per heavy atom. The molecule has 0 saturated carbocycles. The topological polar surface area (TPSA) is 85.8 Å². The van der Waals surface area contributed by atoms with Gasteiger partial charge in [-0.25, -0.2) is 4.98 Å². The number of anilines is 3. The Morgan fingerprint density at radius 1 is 1.17 bits per heavy atom. The van der Waals surface area contributed by atoms with Crippen molar-refractivity contribution in [3.05, 3.63) is 72.1 Å². The summed E-state index contributed by atoms with van der Waals surface area (Å²) in [5.74, 6) is 2.23. The molecule has 0 radical (unpaired) electrons. The highest BCUT2D eigenvalue weighted by Gasteiger charge is 2.24. The van der Waals surface area contributed by atoms with Gasteiger partial charge in [0.15, 0.2) is 0 Å². The summed E-state index contributed by atoms with van der Waals surface area (Å²) in [6, 6.07) is 15.3. The average molecular weight is 503 g/mol. The maximum absolute atomic E-state index is 12.4. The van der Waals surface area contributed by atoms with Crippen molar-refractivity contribution in [2.24, 2.45) is 0 Å². The minimum atomic E-state index is -0.114. The highest BCUT2D eigenvalue weighted by Crippen LogP contribution is 2.39. The van der Waals surface area contributed by atoms with E-state index in [4.69, 9.17) is 14.2 Å². The number of rotatable bonds is 9. The van der Waals surface area contributed by atoms with Crippen LogP contribution in [0.1, 0.15) is 12.0 Å². The molecule has 1 aliphatic rings. The molecular formula is C27H26N4O4S. The normalized spacial score (nSPS) is 12.8. The number of hydrogen-bond donors (Lipinski definition) is 1. The van der Waals surface area contributed by atoms with E-state index >= 15 is 0 Å². The van der Waals surface area contributed by atoms with Crippen LogP contribution in [0.3, 0.4) is 0 Å². The van der Waals surface area contributed by atoms with E-state index in [2.05, 4.69) is 21.9 Å². The average Bonchev–Trinajstić information content (AvgIpc) is 3.38. The lowest BCUT2D eigenvalue weighted by Crippen LogP contribution is -2.34. The Labute approximate surface area is 213 Å². The largest absolute Gasteiger partial charge is 0.491 e. The number of hydrogen-bond acceptors (Lipinski definition) is 8. The van der Waals surface area contributed by atoms with E-state index in [0.29, 0.717) is 37.3 Å². The highest BCUT2D eigenvalue weighted by atomic mass is 32.1. The summed E-state index contributed by atoms with van der Waals surface area (Å²) in [7, 11) is 1.64. The van der Waals surface area contributed by atoms with E-state index < -0.39 is 0 Å². The number of nitrogens with one attached hydrogen (secondary N) is 1. The molecule has 5 rings (SSSR count). The number of benzene rings is 2. The van der Waals surface area contributed by atoms with Gasteiger partial charge in [0.2, 0.25) is 17.7 Å². The van der Waals surface area contributed by atoms with Crippen LogP contribution in [0, 0.1) is 0 Å². The molecule has 0 fully saturated rings. The van der Waals surface area contributed by atoms with Gasteiger partial charge in [0.05, 0.1) is 17.8 Å². The standard InChI is InChI=1S/C27H26N4O4S/c1-3-24(32)31-14-5-6-20-22(31)7-4-8-23(20)35-26-25-21(13-17-36-25)29-27(30-26)28-18-9-11-19(12-10-18)34-16-15-33-2/h3-4,7-13,17H,1,5-6,14-16H2,2H3,(H,28,29,30). The summed E-state index contributed by atoms with van der Waals surface area (Å²) in [4.78, 5) is 23.4. The Hall–Kier alpha value is -3.95. The molecule has 2 aromatic carbocycles. The summed E-state index contributed by atoms with van der Waals surface area (Å²) in [5, 5.41) is 5.22. The molecular weight excluding hydrogens is 476 g/mol. The van der Waals surface area contributed by atoms with Crippen LogP contribution in [0.4, 0.5) is 17.3 Å². The van der Waals surface area contributed by atoms with Gasteiger partial charge in [-0.05, 0) is 66.8 Å². The van der Waals surface area contributed by atoms with Crippen molar-refractivity contribution in [1.29, 1.82) is 0 Å². The van der Waals surface area contributed by atoms with Gasteiger partial charge >= 0.3 is 0 Å². The van der Waals surface area contributed by atoms with Crippen molar-refractivity contribution in [3.8, 4) is 17.4 Å². The molecule has 0 bridgehead atoms. The first-order valence-corrected chi connectivity index (χ1v) is 12.5. The van der Waals surface area contributed by atoms with E-state index in [1.165, 1.54) is 17.4 Å². The van der Waals surface area contributed by atoms with E-state index in [1.54, 1.807) is 12.0 Å². The zero-order valence-electron chi connectivity index (χ0n) is 19.9. The number of ether oxygens (including phenoxy) is 3. The van der Waals surface area contributed by atoms with Crippen molar-refractivity contribution in [3.63, 3.8) is 0 Å². The lowest BCUT2D eigenvalue weighted by atomic mass is 10.0. The Balaban J connectivity index is 1.41. The van der Waals surface area contributed by atoms with E-state index in [0.717, 1.165) is 45.7 Å². The second-order valence-electron chi connectivity index (χ2n) is 8.13. The van der Waals surface area contributed by atoms with Gasteiger partial charge in [-0.2, -0.15) is 4.98 Å². The van der Waals surface area contributed by atoms with Crippen molar-refractivity contribution in [2.75, 3.05) is 37.1 Å². The van der Waals surface area contributed by atoms with E-state index in [-0.39, 0.29) is 5.91 Å². The number of aromatic nitrogens is 2. The maximum Gasteiger partial charge on any atom is 0.250 e. The lowest BCUT2D eigenvalue weighted by molar-refractivity contribution is -0.114. The molecule has 0 saturated heterocycles. The summed E-state index contributed by atoms with van der Waals surface area (Å²) >= 11 is 1.52. The molecule has 3 heterocycles. The zero-order chi connectivity index (χ0) is 24.9. The summed E-state index contributed by atoms with van der Waals surface area (Å²) in [6.45, 7) is 5.32. The smallest absolute Gasteiger partial charge is 0.250 e. The fraction of sp³-hybridized carbons (Fsp3) is 0.222. The van der Waals surface area contributed by atoms with E-state index in [1.807, 2.05) is 53.9 Å². The molecule has 36 heavy (non-hydrogen) atoms. The first-order chi connectivity index (χ1) is 17.7. The fourth-order valence-corrected chi connectivity index (χ4v) is 4.86. The minimum absolute atomic E-state index is 0.114. The molecule has 0 spiro atoms. The van der Waals surface area contributed by atoms with Crippen LogP contribution in [0.15, 0.2) is 66.6 Å². The zero-order valence-corrected chi connectivity index (χ0v) is 20.7. The van der Waals surface area contributed by atoms with Gasteiger partial charge in [0.1, 0.15) is 22.8 Å². The molecule has 1 N–H and O–H groups in total. The monoisotopic (exact) mass is 502 g/mol. The van der Waals surface area contributed by atoms with Crippen LogP contribution in [0.25, 0.3) is 10.2 Å². The molecule has 0 atom stereocenters. The van der Waals surface area contributed by atoms with Crippen LogP contribution < -0.4 is 19.7 Å². The number of nitrogens with zero attached hydrogens (tertiary/aromatic N) is 3. The molecule has 2 aromatic heterocycles. The third-order valence-corrected chi connectivity index (χ3v) is 6.69. The Bertz CT molecular complexity index is 1390. The Morgan fingerprint density at radius 3 is 2.83 bits per heavy atom. The quantitative estimate of drug-likeness (QED) is 0.231. The van der Waals surface area contributed by atoms with Gasteiger partial charge in [-0.1, -0.05) is 12.6 Å². The summed E-state index contributed by atoms with van der Waals surface area (Å²) < 4.78 is 17.9. The predicted octanol–water partition coefficient (Wildman–Crippen LogP) is 5.72. The predicted molar refractivity (Wildman–Crippen MR) is 142 cm³/mol. The molecule has 1 aliphatic heterocycles. The number of carbonyl (C=O) groups is 1. The molecule has 0 aliphatic carbocycles. The van der Waals surface area contributed by atoms with Gasteiger partial charge in [0.25, 0.3) is 0 Å². The van der Waals surface area contributed by atoms with Crippen LogP contribution in [-0.4, -0.2) is 42.7 Å². The van der Waals surface area contributed by atoms with Crippen molar-refractivity contribution in [1.82, 2.24) is 9.97 Å². The molecule has 8 nitrogen and oxygen atoms in total. The molecule has 1 amide bonds. The van der Waals surface area contributed by atoms with Gasteiger partial charge in [0, 0.05) is 24.9 Å². The van der Waals surface area contributed by atoms with Gasteiger partial charge in [-0.15, -0.1) is 11.3 Å². The fourth-order valence-electron chi connectivity index (χ4n) is 4.10. The Kier molecular flexibility index (Phi) is 7.11. The highest BCUT2D eigenvalue weighted by molar-refractivity contribution is 7.17. The van der Waals surface area contributed by atoms with Crippen molar-refractivity contribution >= 4 is 44.8 Å². The number of thiophene rings is 1. The van der Waals surface area contributed by atoms with Crippen LogP contribution in [0.2, 0.25) is 0 Å². The summed E-state index contributed by atoms with van der Waals surface area (Å²) in [6.07, 6.45) is 3.01.